The van der Waals surface area contributed by atoms with Gasteiger partial charge in [-0.2, -0.15) is 4.98 Å². The van der Waals surface area contributed by atoms with E-state index in [9.17, 15) is 5.11 Å². The smallest absolute Gasteiger partial charge is 0.258 e. The number of rotatable bonds is 3. The Morgan fingerprint density at radius 2 is 2.15 bits per heavy atom. The Balaban J connectivity index is 1.84. The molecule has 0 bridgehead atoms. The zero-order chi connectivity index (χ0) is 13.9. The number of pyridine rings is 1. The normalized spacial score (nSPS) is 10.7. The van der Waals surface area contributed by atoms with Gasteiger partial charge in [0.2, 0.25) is 0 Å². The van der Waals surface area contributed by atoms with E-state index in [4.69, 9.17) is 4.52 Å². The second-order valence-electron chi connectivity index (χ2n) is 4.22. The van der Waals surface area contributed by atoms with Gasteiger partial charge in [-0.25, -0.2) is 0 Å². The van der Waals surface area contributed by atoms with E-state index in [2.05, 4.69) is 31.1 Å². The number of hydrogen-bond acceptors (Lipinski definition) is 5. The highest BCUT2D eigenvalue weighted by Crippen LogP contribution is 2.29. The Labute approximate surface area is 123 Å². The van der Waals surface area contributed by atoms with Crippen LogP contribution < -0.4 is 0 Å². The molecule has 0 unspecified atom stereocenters. The summed E-state index contributed by atoms with van der Waals surface area (Å²) in [6.07, 6.45) is 4.04. The number of phenols is 1. The summed E-state index contributed by atoms with van der Waals surface area (Å²) in [6.45, 7) is 0. The van der Waals surface area contributed by atoms with Crippen molar-refractivity contribution in [2.24, 2.45) is 0 Å². The van der Waals surface area contributed by atoms with E-state index in [-0.39, 0.29) is 5.75 Å². The lowest BCUT2D eigenvalue weighted by Gasteiger charge is -1.98. The van der Waals surface area contributed by atoms with Crippen molar-refractivity contribution in [1.29, 1.82) is 0 Å². The molecular weight excluding hydrogens is 322 g/mol. The van der Waals surface area contributed by atoms with Crippen molar-refractivity contribution in [3.8, 4) is 17.2 Å². The third-order valence-electron chi connectivity index (χ3n) is 2.75. The molecule has 1 N–H and O–H groups in total. The van der Waals surface area contributed by atoms with Crippen LogP contribution in [0.25, 0.3) is 11.5 Å². The summed E-state index contributed by atoms with van der Waals surface area (Å²) in [5.41, 5.74) is 1.69. The van der Waals surface area contributed by atoms with Gasteiger partial charge in [0.25, 0.3) is 5.89 Å². The van der Waals surface area contributed by atoms with Gasteiger partial charge in [-0.1, -0.05) is 11.2 Å². The molecule has 5 nitrogen and oxygen atoms in total. The van der Waals surface area contributed by atoms with Crippen molar-refractivity contribution in [1.82, 2.24) is 15.1 Å². The van der Waals surface area contributed by atoms with E-state index in [0.29, 0.717) is 28.2 Å². The molecule has 0 fully saturated rings. The van der Waals surface area contributed by atoms with Crippen molar-refractivity contribution < 1.29 is 9.63 Å². The zero-order valence-electron chi connectivity index (χ0n) is 10.3. The molecule has 3 aromatic rings. The summed E-state index contributed by atoms with van der Waals surface area (Å²) < 4.78 is 5.83. The number of aromatic hydroxyl groups is 1. The van der Waals surface area contributed by atoms with Crippen molar-refractivity contribution in [2.45, 2.75) is 6.42 Å². The Morgan fingerprint density at radius 1 is 1.25 bits per heavy atom. The van der Waals surface area contributed by atoms with Gasteiger partial charge in [0.05, 0.1) is 4.47 Å². The molecule has 2 aromatic heterocycles. The minimum Gasteiger partial charge on any atom is -0.507 e. The van der Waals surface area contributed by atoms with Crippen LogP contribution in [-0.2, 0) is 6.42 Å². The molecule has 100 valence electrons. The zero-order valence-corrected chi connectivity index (χ0v) is 11.9. The van der Waals surface area contributed by atoms with Gasteiger partial charge in [0.1, 0.15) is 5.75 Å². The van der Waals surface area contributed by atoms with E-state index < -0.39 is 0 Å². The highest BCUT2D eigenvalue weighted by Gasteiger charge is 2.11. The number of hydrogen-bond donors (Lipinski definition) is 1. The van der Waals surface area contributed by atoms with Crippen molar-refractivity contribution in [3.63, 3.8) is 0 Å². The van der Waals surface area contributed by atoms with E-state index in [1.165, 1.54) is 0 Å². The van der Waals surface area contributed by atoms with Gasteiger partial charge in [-0.3, -0.25) is 4.98 Å². The minimum absolute atomic E-state index is 0.134. The van der Waals surface area contributed by atoms with Crippen LogP contribution in [0.1, 0.15) is 11.4 Å². The largest absolute Gasteiger partial charge is 0.507 e. The van der Waals surface area contributed by atoms with Crippen LogP contribution in [0.5, 0.6) is 5.75 Å². The Hall–Kier alpha value is -2.21. The lowest BCUT2D eigenvalue weighted by molar-refractivity contribution is 0.423. The van der Waals surface area contributed by atoms with Crippen molar-refractivity contribution in [3.05, 3.63) is 58.6 Å². The first kappa shape index (κ1) is 12.8. The molecule has 0 spiro atoms. The van der Waals surface area contributed by atoms with Crippen LogP contribution in [0, 0.1) is 0 Å². The molecule has 0 aliphatic carbocycles. The monoisotopic (exact) mass is 331 g/mol. The lowest BCUT2D eigenvalue weighted by atomic mass is 10.2. The molecule has 1 aromatic carbocycles. The van der Waals surface area contributed by atoms with Crippen LogP contribution in [0.3, 0.4) is 0 Å². The predicted octanol–water partition coefficient (Wildman–Crippen LogP) is 3.19. The minimum atomic E-state index is 0.134. The maximum Gasteiger partial charge on any atom is 0.258 e. The molecule has 0 atom stereocenters. The first-order chi connectivity index (χ1) is 9.72. The number of halogens is 1. The third kappa shape index (κ3) is 2.70. The van der Waals surface area contributed by atoms with Gasteiger partial charge in [-0.05, 0) is 45.8 Å². The molecular formula is C14H10BrN3O2. The first-order valence-corrected chi connectivity index (χ1v) is 6.72. The van der Waals surface area contributed by atoms with E-state index in [0.717, 1.165) is 5.56 Å². The second-order valence-corrected chi connectivity index (χ2v) is 5.07. The molecule has 0 saturated heterocycles. The Bertz CT molecular complexity index is 728. The maximum atomic E-state index is 9.66. The summed E-state index contributed by atoms with van der Waals surface area (Å²) in [4.78, 5) is 8.36. The van der Waals surface area contributed by atoms with Gasteiger partial charge >= 0.3 is 0 Å². The van der Waals surface area contributed by atoms with Gasteiger partial charge < -0.3 is 9.63 Å². The number of aromatic nitrogens is 3. The first-order valence-electron chi connectivity index (χ1n) is 5.93. The molecule has 6 heteroatoms. The lowest BCUT2D eigenvalue weighted by Crippen LogP contribution is -1.91. The maximum absolute atomic E-state index is 9.66. The Morgan fingerprint density at radius 3 is 2.90 bits per heavy atom. The molecule has 0 aliphatic rings. The van der Waals surface area contributed by atoms with Crippen LogP contribution >= 0.6 is 15.9 Å². The quantitative estimate of drug-likeness (QED) is 0.797. The summed E-state index contributed by atoms with van der Waals surface area (Å²) in [7, 11) is 0. The fourth-order valence-corrected chi connectivity index (χ4v) is 2.02. The van der Waals surface area contributed by atoms with Crippen molar-refractivity contribution in [2.75, 3.05) is 0 Å². The highest BCUT2D eigenvalue weighted by molar-refractivity contribution is 9.10. The molecule has 0 saturated carbocycles. The molecule has 2 heterocycles. The summed E-state index contributed by atoms with van der Waals surface area (Å²) in [5.74, 6) is 1.09. The average molecular weight is 332 g/mol. The predicted molar refractivity (Wildman–Crippen MR) is 76.1 cm³/mol. The van der Waals surface area contributed by atoms with Crippen molar-refractivity contribution >= 4 is 15.9 Å². The molecule has 3 rings (SSSR count). The van der Waals surface area contributed by atoms with Crippen LogP contribution in [-0.4, -0.2) is 20.2 Å². The van der Waals surface area contributed by atoms with Gasteiger partial charge in [0, 0.05) is 24.4 Å². The third-order valence-corrected chi connectivity index (χ3v) is 3.42. The topological polar surface area (TPSA) is 72.0 Å². The van der Waals surface area contributed by atoms with Crippen LogP contribution in [0.15, 0.2) is 51.7 Å². The fraction of sp³-hybridized carbons (Fsp3) is 0.0714. The van der Waals surface area contributed by atoms with E-state index in [1.54, 1.807) is 30.6 Å². The van der Waals surface area contributed by atoms with Crippen LogP contribution in [0.4, 0.5) is 0 Å². The fourth-order valence-electron chi connectivity index (χ4n) is 1.77. The number of phenolic OH excluding ortho intramolecular Hbond substituents is 1. The molecule has 0 radical (unpaired) electrons. The standard InChI is InChI=1S/C14H10BrN3O2/c15-11-4-3-10(7-12(11)19)14-17-13(18-20-14)6-9-2-1-5-16-8-9/h1-5,7-8,19H,6H2. The van der Waals surface area contributed by atoms with E-state index in [1.807, 2.05) is 12.1 Å². The van der Waals surface area contributed by atoms with E-state index >= 15 is 0 Å². The Kier molecular flexibility index (Phi) is 3.47. The average Bonchev–Trinajstić information content (AvgIpc) is 2.91. The molecule has 20 heavy (non-hydrogen) atoms. The highest BCUT2D eigenvalue weighted by atomic mass is 79.9. The SMILES string of the molecule is Oc1cc(-c2nc(Cc3cccnc3)no2)ccc1Br. The summed E-state index contributed by atoms with van der Waals surface area (Å²) >= 11 is 3.23. The number of nitrogens with zero attached hydrogens (tertiary/aromatic N) is 3. The summed E-state index contributed by atoms with van der Waals surface area (Å²) in [6, 6.07) is 8.92. The van der Waals surface area contributed by atoms with Crippen LogP contribution in [0.2, 0.25) is 0 Å². The molecule has 0 aliphatic heterocycles. The summed E-state index contributed by atoms with van der Waals surface area (Å²) in [5, 5.41) is 13.6. The second kappa shape index (κ2) is 5.42. The van der Waals surface area contributed by atoms with Gasteiger partial charge in [-0.15, -0.1) is 0 Å². The number of benzene rings is 1. The van der Waals surface area contributed by atoms with Gasteiger partial charge in [0.15, 0.2) is 5.82 Å². The molecule has 0 amide bonds.